The van der Waals surface area contributed by atoms with Gasteiger partial charge < -0.3 is 10.1 Å². The van der Waals surface area contributed by atoms with Crippen LogP contribution in [0.25, 0.3) is 0 Å². The fourth-order valence-electron chi connectivity index (χ4n) is 2.79. The summed E-state index contributed by atoms with van der Waals surface area (Å²) in [5.41, 5.74) is 0.0717. The van der Waals surface area contributed by atoms with Gasteiger partial charge in [-0.05, 0) is 25.7 Å². The molecule has 3 nitrogen and oxygen atoms in total. The molecule has 0 bridgehead atoms. The first-order valence-electron chi connectivity index (χ1n) is 5.59. The first-order chi connectivity index (χ1) is 6.74. The average Bonchev–Trinajstić information content (AvgIpc) is 2.77. The lowest BCUT2D eigenvalue weighted by Gasteiger charge is -2.30. The molecule has 1 amide bonds. The molecule has 0 radical (unpaired) electrons. The van der Waals surface area contributed by atoms with Crippen molar-refractivity contribution < 1.29 is 9.53 Å². The van der Waals surface area contributed by atoms with Crippen LogP contribution in [0.15, 0.2) is 0 Å². The summed E-state index contributed by atoms with van der Waals surface area (Å²) in [6, 6.07) is 0.362. The van der Waals surface area contributed by atoms with Gasteiger partial charge in [-0.2, -0.15) is 0 Å². The van der Waals surface area contributed by atoms with Crippen LogP contribution in [-0.2, 0) is 9.53 Å². The minimum atomic E-state index is 0.0717. The van der Waals surface area contributed by atoms with E-state index < -0.39 is 0 Å². The van der Waals surface area contributed by atoms with E-state index in [0.29, 0.717) is 12.5 Å². The lowest BCUT2D eigenvalue weighted by Crippen LogP contribution is -2.37. The third kappa shape index (κ3) is 1.92. The van der Waals surface area contributed by atoms with Crippen molar-refractivity contribution in [3.05, 3.63) is 0 Å². The molecule has 1 saturated heterocycles. The monoisotopic (exact) mass is 197 g/mol. The molecule has 3 heteroatoms. The van der Waals surface area contributed by atoms with Gasteiger partial charge in [-0.15, -0.1) is 0 Å². The molecule has 1 aliphatic carbocycles. The van der Waals surface area contributed by atoms with Crippen LogP contribution in [0.5, 0.6) is 0 Å². The number of rotatable bonds is 3. The zero-order valence-corrected chi connectivity index (χ0v) is 8.84. The minimum Gasteiger partial charge on any atom is -0.378 e. The lowest BCUT2D eigenvalue weighted by atomic mass is 9.92. The van der Waals surface area contributed by atoms with Crippen LogP contribution in [0.1, 0.15) is 44.9 Å². The summed E-state index contributed by atoms with van der Waals surface area (Å²) in [5.74, 6) is 0.208. The molecule has 1 saturated carbocycles. The molecular formula is C11H19NO2. The third-order valence-corrected chi connectivity index (χ3v) is 3.65. The Kier molecular flexibility index (Phi) is 2.77. The Morgan fingerprint density at radius 3 is 2.71 bits per heavy atom. The van der Waals surface area contributed by atoms with Crippen LogP contribution in [0.2, 0.25) is 0 Å². The van der Waals surface area contributed by atoms with Gasteiger partial charge in [-0.25, -0.2) is 0 Å². The number of amides is 1. The zero-order valence-electron chi connectivity index (χ0n) is 8.84. The van der Waals surface area contributed by atoms with Crippen LogP contribution < -0.4 is 5.32 Å². The Balaban J connectivity index is 1.91. The first-order valence-corrected chi connectivity index (χ1v) is 5.59. The van der Waals surface area contributed by atoms with E-state index in [4.69, 9.17) is 4.74 Å². The van der Waals surface area contributed by atoms with Crippen molar-refractivity contribution >= 4 is 5.91 Å². The largest absolute Gasteiger partial charge is 0.378 e. The summed E-state index contributed by atoms with van der Waals surface area (Å²) in [4.78, 5) is 11.1. The second kappa shape index (κ2) is 3.89. The summed E-state index contributed by atoms with van der Waals surface area (Å²) in [6.07, 6.45) is 7.57. The number of hydrogen-bond acceptors (Lipinski definition) is 2. The highest BCUT2D eigenvalue weighted by molar-refractivity contribution is 5.78. The van der Waals surface area contributed by atoms with Crippen LogP contribution in [0.4, 0.5) is 0 Å². The number of carbonyl (C=O) groups is 1. The van der Waals surface area contributed by atoms with Crippen molar-refractivity contribution in [3.63, 3.8) is 0 Å². The minimum absolute atomic E-state index is 0.0717. The molecule has 0 aromatic rings. The van der Waals surface area contributed by atoms with E-state index in [-0.39, 0.29) is 11.5 Å². The van der Waals surface area contributed by atoms with Gasteiger partial charge in [0.2, 0.25) is 5.91 Å². The summed E-state index contributed by atoms with van der Waals surface area (Å²) < 4.78 is 5.64. The van der Waals surface area contributed by atoms with Gasteiger partial charge >= 0.3 is 0 Å². The molecule has 1 N–H and O–H groups in total. The van der Waals surface area contributed by atoms with Gasteiger partial charge in [0.15, 0.2) is 0 Å². The Morgan fingerprint density at radius 2 is 2.21 bits per heavy atom. The van der Waals surface area contributed by atoms with E-state index in [0.717, 1.165) is 25.7 Å². The van der Waals surface area contributed by atoms with E-state index in [1.165, 1.54) is 12.8 Å². The molecule has 2 rings (SSSR count). The highest BCUT2D eigenvalue weighted by Gasteiger charge is 2.37. The number of carbonyl (C=O) groups excluding carboxylic acids is 1. The number of methoxy groups -OCH3 is 1. The molecule has 2 aliphatic rings. The Bertz CT molecular complexity index is 221. The molecule has 0 aromatic heterocycles. The number of nitrogens with one attached hydrogen (secondary N) is 1. The van der Waals surface area contributed by atoms with Gasteiger partial charge in [-0.3, -0.25) is 4.79 Å². The van der Waals surface area contributed by atoms with E-state index in [1.807, 2.05) is 7.11 Å². The van der Waals surface area contributed by atoms with Crippen molar-refractivity contribution in [1.29, 1.82) is 0 Å². The zero-order chi connectivity index (χ0) is 10.0. The average molecular weight is 197 g/mol. The molecule has 0 spiro atoms. The van der Waals surface area contributed by atoms with E-state index >= 15 is 0 Å². The fourth-order valence-corrected chi connectivity index (χ4v) is 2.79. The Hall–Kier alpha value is -0.570. The molecule has 1 atom stereocenters. The maximum atomic E-state index is 11.1. The van der Waals surface area contributed by atoms with Gasteiger partial charge in [0.05, 0.1) is 5.60 Å². The second-order valence-corrected chi connectivity index (χ2v) is 4.60. The molecule has 2 fully saturated rings. The molecule has 1 aliphatic heterocycles. The summed E-state index contributed by atoms with van der Waals surface area (Å²) in [7, 11) is 1.81. The van der Waals surface area contributed by atoms with Crippen LogP contribution >= 0.6 is 0 Å². The third-order valence-electron chi connectivity index (χ3n) is 3.65. The van der Waals surface area contributed by atoms with E-state index in [2.05, 4.69) is 5.32 Å². The predicted molar refractivity (Wildman–Crippen MR) is 54.0 cm³/mol. The first kappa shape index (κ1) is 9.97. The van der Waals surface area contributed by atoms with Crippen LogP contribution in [0.3, 0.4) is 0 Å². The van der Waals surface area contributed by atoms with E-state index in [1.54, 1.807) is 0 Å². The summed E-state index contributed by atoms with van der Waals surface area (Å²) in [5, 5.41) is 3.02. The molecule has 14 heavy (non-hydrogen) atoms. The van der Waals surface area contributed by atoms with E-state index in [9.17, 15) is 4.79 Å². The Morgan fingerprint density at radius 1 is 1.50 bits per heavy atom. The van der Waals surface area contributed by atoms with Gasteiger partial charge in [0, 0.05) is 19.6 Å². The molecular weight excluding hydrogens is 178 g/mol. The van der Waals surface area contributed by atoms with Crippen LogP contribution in [0, 0.1) is 0 Å². The molecule has 80 valence electrons. The predicted octanol–water partition coefficient (Wildman–Crippen LogP) is 1.61. The van der Waals surface area contributed by atoms with Crippen LogP contribution in [-0.4, -0.2) is 24.7 Å². The number of ether oxygens (including phenoxy) is 1. The lowest BCUT2D eigenvalue weighted by molar-refractivity contribution is -0.119. The van der Waals surface area contributed by atoms with Gasteiger partial charge in [0.1, 0.15) is 0 Å². The normalized spacial score (nSPS) is 30.6. The SMILES string of the molecule is COC1(CC2CCC(=O)N2)CCCC1. The van der Waals surface area contributed by atoms with Crippen molar-refractivity contribution in [3.8, 4) is 0 Å². The fraction of sp³-hybridized carbons (Fsp3) is 0.909. The highest BCUT2D eigenvalue weighted by Crippen LogP contribution is 2.37. The summed E-state index contributed by atoms with van der Waals surface area (Å²) in [6.45, 7) is 0. The number of hydrogen-bond donors (Lipinski definition) is 1. The Labute approximate surface area is 85.2 Å². The standard InChI is InChI=1S/C11H19NO2/c1-14-11(6-2-3-7-11)8-9-4-5-10(13)12-9/h9H,2-8H2,1H3,(H,12,13). The quantitative estimate of drug-likeness (QED) is 0.746. The smallest absolute Gasteiger partial charge is 0.220 e. The molecule has 1 heterocycles. The summed E-state index contributed by atoms with van der Waals surface area (Å²) >= 11 is 0. The van der Waals surface area contributed by atoms with Crippen molar-refractivity contribution in [2.24, 2.45) is 0 Å². The van der Waals surface area contributed by atoms with Gasteiger partial charge in [-0.1, -0.05) is 12.8 Å². The maximum Gasteiger partial charge on any atom is 0.220 e. The highest BCUT2D eigenvalue weighted by atomic mass is 16.5. The van der Waals surface area contributed by atoms with Crippen molar-refractivity contribution in [2.75, 3.05) is 7.11 Å². The topological polar surface area (TPSA) is 38.3 Å². The van der Waals surface area contributed by atoms with Crippen molar-refractivity contribution in [1.82, 2.24) is 5.32 Å². The second-order valence-electron chi connectivity index (χ2n) is 4.60. The maximum absolute atomic E-state index is 11.1. The molecule has 1 unspecified atom stereocenters. The van der Waals surface area contributed by atoms with Gasteiger partial charge in [0.25, 0.3) is 0 Å². The molecule has 0 aromatic carbocycles. The van der Waals surface area contributed by atoms with Crippen molar-refractivity contribution in [2.45, 2.75) is 56.6 Å².